The number of hydrogen-bond acceptors (Lipinski definition) is 2. The summed E-state index contributed by atoms with van der Waals surface area (Å²) in [5.41, 5.74) is 4.40. The molecule has 0 aliphatic carbocycles. The molecule has 4 heteroatoms. The summed E-state index contributed by atoms with van der Waals surface area (Å²) in [6, 6.07) is 16.0. The lowest BCUT2D eigenvalue weighted by Gasteiger charge is -2.28. The maximum absolute atomic E-state index is 11.3. The van der Waals surface area contributed by atoms with E-state index in [-0.39, 0.29) is 5.92 Å². The fourth-order valence-electron chi connectivity index (χ4n) is 2.78. The average Bonchev–Trinajstić information content (AvgIpc) is 2.46. The Kier molecular flexibility index (Phi) is 3.32. The summed E-state index contributed by atoms with van der Waals surface area (Å²) in [7, 11) is -2.20. The third kappa shape index (κ3) is 2.23. The van der Waals surface area contributed by atoms with Crippen molar-refractivity contribution < 1.29 is 8.42 Å². The molecule has 0 fully saturated rings. The smallest absolute Gasteiger partial charge is 0.233 e. The summed E-state index contributed by atoms with van der Waals surface area (Å²) in [5, 5.41) is 3.02. The Balaban J connectivity index is 2.20. The van der Waals surface area contributed by atoms with Crippen molar-refractivity contribution in [2.75, 3.05) is 5.32 Å². The molecule has 0 radical (unpaired) electrons. The largest absolute Gasteiger partial charge is 0.346 e. The van der Waals surface area contributed by atoms with Crippen LogP contribution in [0.15, 0.2) is 48.5 Å². The van der Waals surface area contributed by atoms with E-state index >= 15 is 0 Å². The number of rotatable bonds is 1. The maximum Gasteiger partial charge on any atom is 0.233 e. The molecule has 0 saturated carbocycles. The predicted molar refractivity (Wildman–Crippen MR) is 81.6 cm³/mol. The maximum atomic E-state index is 11.3. The molecule has 0 aromatic heterocycles. The van der Waals surface area contributed by atoms with Gasteiger partial charge in [0.25, 0.3) is 0 Å². The molecule has 1 unspecified atom stereocenters. The highest BCUT2D eigenvalue weighted by molar-refractivity contribution is 7.73. The Bertz CT molecular complexity index is 786. The van der Waals surface area contributed by atoms with Gasteiger partial charge in [-0.25, -0.2) is 0 Å². The van der Waals surface area contributed by atoms with Gasteiger partial charge in [0, 0.05) is 18.0 Å². The summed E-state index contributed by atoms with van der Waals surface area (Å²) in [6.45, 7) is 2.06. The Morgan fingerprint density at radius 1 is 1.00 bits per heavy atom. The SMILES string of the molecule is Cc1ccccc1C1CC(=S(=O)=O)Nc2ccccc21. The molecule has 2 aromatic rings. The van der Waals surface area contributed by atoms with Crippen molar-refractivity contribution >= 4 is 21.0 Å². The van der Waals surface area contributed by atoms with Crippen molar-refractivity contribution in [3.63, 3.8) is 0 Å². The van der Waals surface area contributed by atoms with Crippen molar-refractivity contribution in [3.05, 3.63) is 65.2 Å². The van der Waals surface area contributed by atoms with Crippen molar-refractivity contribution in [3.8, 4) is 0 Å². The predicted octanol–water partition coefficient (Wildman–Crippen LogP) is 2.95. The molecule has 1 aliphatic heterocycles. The molecule has 0 spiro atoms. The summed E-state index contributed by atoms with van der Waals surface area (Å²) in [4.78, 5) is 0.358. The molecule has 1 heterocycles. The zero-order chi connectivity index (χ0) is 14.1. The van der Waals surface area contributed by atoms with Gasteiger partial charge in [0.15, 0.2) is 0 Å². The fourth-order valence-corrected chi connectivity index (χ4v) is 3.27. The molecular formula is C16H15NO2S. The zero-order valence-corrected chi connectivity index (χ0v) is 11.9. The first-order valence-corrected chi connectivity index (χ1v) is 7.61. The molecule has 2 aromatic carbocycles. The van der Waals surface area contributed by atoms with Gasteiger partial charge in [0.05, 0.1) is 0 Å². The second-order valence-corrected chi connectivity index (χ2v) is 5.95. The van der Waals surface area contributed by atoms with Gasteiger partial charge >= 0.3 is 0 Å². The van der Waals surface area contributed by atoms with E-state index in [1.807, 2.05) is 30.3 Å². The van der Waals surface area contributed by atoms with Gasteiger partial charge in [-0.3, -0.25) is 0 Å². The van der Waals surface area contributed by atoms with Crippen LogP contribution in [0.2, 0.25) is 0 Å². The van der Waals surface area contributed by atoms with E-state index in [4.69, 9.17) is 0 Å². The van der Waals surface area contributed by atoms with E-state index in [0.29, 0.717) is 11.4 Å². The monoisotopic (exact) mass is 285 g/mol. The van der Waals surface area contributed by atoms with Crippen molar-refractivity contribution in [1.82, 2.24) is 0 Å². The third-order valence-corrected chi connectivity index (χ3v) is 4.44. The molecule has 20 heavy (non-hydrogen) atoms. The third-order valence-electron chi connectivity index (χ3n) is 3.76. The molecule has 1 aliphatic rings. The second kappa shape index (κ2) is 5.13. The summed E-state index contributed by atoms with van der Waals surface area (Å²) >= 11 is 0. The molecule has 1 atom stereocenters. The molecule has 0 amide bonds. The van der Waals surface area contributed by atoms with Crippen LogP contribution in [-0.4, -0.2) is 13.4 Å². The number of fused-ring (bicyclic) bond motifs is 1. The highest BCUT2D eigenvalue weighted by Crippen LogP contribution is 2.38. The average molecular weight is 285 g/mol. The van der Waals surface area contributed by atoms with E-state index in [9.17, 15) is 8.42 Å². The molecule has 102 valence electrons. The molecule has 1 N–H and O–H groups in total. The van der Waals surface area contributed by atoms with Gasteiger partial charge in [0.1, 0.15) is 4.99 Å². The lowest BCUT2D eigenvalue weighted by atomic mass is 9.83. The quantitative estimate of drug-likeness (QED) is 0.819. The van der Waals surface area contributed by atoms with Gasteiger partial charge in [-0.1, -0.05) is 42.5 Å². The van der Waals surface area contributed by atoms with Crippen LogP contribution in [0.4, 0.5) is 5.69 Å². The molecule has 0 bridgehead atoms. The molecule has 3 nitrogen and oxygen atoms in total. The number of nitrogens with one attached hydrogen (secondary N) is 1. The number of anilines is 1. The van der Waals surface area contributed by atoms with Gasteiger partial charge in [-0.15, -0.1) is 0 Å². The first-order chi connectivity index (χ1) is 9.66. The minimum Gasteiger partial charge on any atom is -0.346 e. The number of aryl methyl sites for hydroxylation is 1. The van der Waals surface area contributed by atoms with Crippen molar-refractivity contribution in [2.45, 2.75) is 19.3 Å². The van der Waals surface area contributed by atoms with Crippen LogP contribution in [-0.2, 0) is 10.3 Å². The van der Waals surface area contributed by atoms with Crippen LogP contribution >= 0.6 is 0 Å². The van der Waals surface area contributed by atoms with Crippen LogP contribution in [0.25, 0.3) is 0 Å². The number of hydrogen-bond donors (Lipinski definition) is 1. The lowest BCUT2D eigenvalue weighted by molar-refractivity contribution is 0.626. The topological polar surface area (TPSA) is 46.2 Å². The molecular weight excluding hydrogens is 270 g/mol. The summed E-state index contributed by atoms with van der Waals surface area (Å²) in [5.74, 6) is 0.0848. The van der Waals surface area contributed by atoms with Gasteiger partial charge in [-0.05, 0) is 29.7 Å². The van der Waals surface area contributed by atoms with Crippen molar-refractivity contribution in [1.29, 1.82) is 0 Å². The van der Waals surface area contributed by atoms with E-state index in [2.05, 4.69) is 30.4 Å². The standard InChI is InChI=1S/C16H15NO2S/c1-11-6-2-3-7-12(11)14-10-16(20(18)19)17-15-9-5-4-8-13(14)15/h2-9,14,17H,10H2,1H3. The Morgan fingerprint density at radius 2 is 1.65 bits per heavy atom. The van der Waals surface area contributed by atoms with E-state index in [1.165, 1.54) is 11.1 Å². The first-order valence-electron chi connectivity index (χ1n) is 6.53. The Morgan fingerprint density at radius 3 is 2.35 bits per heavy atom. The van der Waals surface area contributed by atoms with Crippen molar-refractivity contribution in [2.24, 2.45) is 0 Å². The zero-order valence-electron chi connectivity index (χ0n) is 11.1. The summed E-state index contributed by atoms with van der Waals surface area (Å²) < 4.78 is 22.7. The lowest BCUT2D eigenvalue weighted by Crippen LogP contribution is -2.24. The van der Waals surface area contributed by atoms with E-state index < -0.39 is 10.3 Å². The van der Waals surface area contributed by atoms with Crippen LogP contribution in [0.5, 0.6) is 0 Å². The van der Waals surface area contributed by atoms with E-state index in [0.717, 1.165) is 11.3 Å². The van der Waals surface area contributed by atoms with Gasteiger partial charge in [-0.2, -0.15) is 8.42 Å². The summed E-state index contributed by atoms with van der Waals surface area (Å²) in [6.07, 6.45) is 0.484. The fraction of sp³-hybridized carbons (Fsp3) is 0.188. The Hall–Kier alpha value is -2.07. The van der Waals surface area contributed by atoms with Crippen LogP contribution in [0.3, 0.4) is 0 Å². The minimum absolute atomic E-state index is 0.0848. The molecule has 3 rings (SSSR count). The Labute approximate surface area is 119 Å². The van der Waals surface area contributed by atoms with E-state index in [1.54, 1.807) is 0 Å². The van der Waals surface area contributed by atoms with Crippen LogP contribution < -0.4 is 5.32 Å². The van der Waals surface area contributed by atoms with Gasteiger partial charge in [0.2, 0.25) is 10.3 Å². The normalized spacial score (nSPS) is 17.2. The first kappa shape index (κ1) is 12.9. The number of benzene rings is 2. The highest BCUT2D eigenvalue weighted by Gasteiger charge is 2.26. The van der Waals surface area contributed by atoms with Crippen LogP contribution in [0, 0.1) is 6.92 Å². The second-order valence-electron chi connectivity index (χ2n) is 4.98. The highest BCUT2D eigenvalue weighted by atomic mass is 32.2. The molecule has 0 saturated heterocycles. The van der Waals surface area contributed by atoms with Gasteiger partial charge < -0.3 is 5.32 Å². The number of para-hydroxylation sites is 1. The van der Waals surface area contributed by atoms with Crippen LogP contribution in [0.1, 0.15) is 29.0 Å². The minimum atomic E-state index is -2.20.